The zero-order valence-electron chi connectivity index (χ0n) is 21.4. The monoisotopic (exact) mass is 560 g/mol. The molecule has 6 N–H and O–H groups in total. The van der Waals surface area contributed by atoms with Gasteiger partial charge in [0.05, 0.1) is 29.4 Å². The molecular formula is C27H28O13. The first-order chi connectivity index (χ1) is 19.0. The van der Waals surface area contributed by atoms with Gasteiger partial charge in [0.2, 0.25) is 17.9 Å². The minimum atomic E-state index is -1.62. The van der Waals surface area contributed by atoms with E-state index in [1.165, 1.54) is 13.2 Å². The van der Waals surface area contributed by atoms with E-state index >= 15 is 0 Å². The van der Waals surface area contributed by atoms with Gasteiger partial charge in [-0.2, -0.15) is 0 Å². The first kappa shape index (κ1) is 26.9. The van der Waals surface area contributed by atoms with Gasteiger partial charge >= 0.3 is 0 Å². The van der Waals surface area contributed by atoms with Gasteiger partial charge in [0.15, 0.2) is 5.78 Å². The summed E-state index contributed by atoms with van der Waals surface area (Å²) in [6.45, 7) is 1.11. The van der Waals surface area contributed by atoms with Crippen LogP contribution in [-0.2, 0) is 14.2 Å². The molecule has 0 amide bonds. The van der Waals surface area contributed by atoms with Gasteiger partial charge < -0.3 is 54.3 Å². The number of rotatable bonds is 4. The van der Waals surface area contributed by atoms with Crippen LogP contribution < -0.4 is 9.47 Å². The van der Waals surface area contributed by atoms with Crippen LogP contribution in [0.4, 0.5) is 0 Å². The number of carbonyl (C=O) groups is 2. The molecule has 2 bridgehead atoms. The lowest BCUT2D eigenvalue weighted by Gasteiger charge is -2.46. The van der Waals surface area contributed by atoms with Crippen molar-refractivity contribution in [3.63, 3.8) is 0 Å². The van der Waals surface area contributed by atoms with E-state index in [4.69, 9.17) is 23.7 Å². The number of carbonyl (C=O) groups excluding carboxylic acids is 2. The summed E-state index contributed by atoms with van der Waals surface area (Å²) in [6, 6.07) is 3.49. The van der Waals surface area contributed by atoms with E-state index in [1.54, 1.807) is 6.92 Å². The molecule has 2 aromatic rings. The van der Waals surface area contributed by atoms with Crippen LogP contribution in [-0.4, -0.2) is 98.5 Å². The van der Waals surface area contributed by atoms with E-state index < -0.39 is 78.4 Å². The number of aromatic hydroxyl groups is 2. The summed E-state index contributed by atoms with van der Waals surface area (Å²) in [5, 5.41) is 62.9. The molecule has 0 aromatic heterocycles. The van der Waals surface area contributed by atoms with Crippen LogP contribution in [0.5, 0.6) is 23.0 Å². The summed E-state index contributed by atoms with van der Waals surface area (Å²) >= 11 is 0. The van der Waals surface area contributed by atoms with E-state index in [0.717, 1.165) is 12.1 Å². The van der Waals surface area contributed by atoms with Crippen molar-refractivity contribution in [1.29, 1.82) is 0 Å². The molecule has 3 heterocycles. The second kappa shape index (κ2) is 9.38. The van der Waals surface area contributed by atoms with Crippen LogP contribution in [0.15, 0.2) is 18.2 Å². The van der Waals surface area contributed by atoms with E-state index in [1.807, 2.05) is 0 Å². The molecule has 3 aliphatic heterocycles. The molecule has 6 rings (SSSR count). The Kier molecular flexibility index (Phi) is 6.31. The Hall–Kier alpha value is -3.30. The van der Waals surface area contributed by atoms with Crippen LogP contribution in [0.2, 0.25) is 0 Å². The average Bonchev–Trinajstić information content (AvgIpc) is 2.91. The van der Waals surface area contributed by atoms with Crippen LogP contribution in [0, 0.1) is 0 Å². The molecule has 214 valence electrons. The van der Waals surface area contributed by atoms with E-state index in [9.17, 15) is 40.2 Å². The molecule has 40 heavy (non-hydrogen) atoms. The number of phenolic OH excluding ortho intramolecular Hbond substituents is 2. The second-order valence-electron chi connectivity index (χ2n) is 10.5. The number of hydrogen-bond donors (Lipinski definition) is 6. The predicted octanol–water partition coefficient (Wildman–Crippen LogP) is 0.0270. The fourth-order valence-electron chi connectivity index (χ4n) is 5.89. The number of aliphatic hydroxyl groups excluding tert-OH is 4. The fourth-order valence-corrected chi connectivity index (χ4v) is 5.89. The summed E-state index contributed by atoms with van der Waals surface area (Å²) in [5.74, 6) is -4.00. The molecule has 13 nitrogen and oxygen atoms in total. The first-order valence-electron chi connectivity index (χ1n) is 12.7. The molecule has 2 fully saturated rings. The molecule has 0 saturated carbocycles. The molecule has 0 unspecified atom stereocenters. The minimum absolute atomic E-state index is 0.0438. The highest BCUT2D eigenvalue weighted by atomic mass is 16.7. The lowest BCUT2D eigenvalue weighted by atomic mass is 9.80. The SMILES string of the molecule is CO[C@H]1[C@H](O)[C@@H](O)[C@H](Oc2cc(O)c3c(c2)C(=O)c2cc4c(c(O)c2C3=O)[C@@H]2O[C@@](C)(CC[C@H]2O)O4)O[C@@H]1CO. The number of phenols is 2. The lowest BCUT2D eigenvalue weighted by molar-refractivity contribution is -0.281. The Balaban J connectivity index is 1.38. The van der Waals surface area contributed by atoms with Crippen LogP contribution >= 0.6 is 0 Å². The average molecular weight is 561 g/mol. The summed E-state index contributed by atoms with van der Waals surface area (Å²) in [5.41, 5.74) is -1.13. The molecule has 2 saturated heterocycles. The maximum Gasteiger partial charge on any atom is 0.229 e. The van der Waals surface area contributed by atoms with Crippen molar-refractivity contribution in [1.82, 2.24) is 0 Å². The van der Waals surface area contributed by atoms with Gasteiger partial charge in [-0.15, -0.1) is 0 Å². The maximum atomic E-state index is 13.6. The molecule has 8 atom stereocenters. The van der Waals surface area contributed by atoms with Crippen LogP contribution in [0.1, 0.15) is 63.3 Å². The third-order valence-electron chi connectivity index (χ3n) is 7.91. The van der Waals surface area contributed by atoms with Gasteiger partial charge in [0.1, 0.15) is 53.5 Å². The fraction of sp³-hybridized carbons (Fsp3) is 0.481. The maximum absolute atomic E-state index is 13.6. The van der Waals surface area contributed by atoms with Crippen molar-refractivity contribution in [2.45, 2.75) is 68.5 Å². The molecule has 13 heteroatoms. The Morgan fingerprint density at radius 1 is 1.02 bits per heavy atom. The summed E-state index contributed by atoms with van der Waals surface area (Å²) in [4.78, 5) is 27.2. The number of aliphatic hydroxyl groups is 4. The van der Waals surface area contributed by atoms with Crippen molar-refractivity contribution < 1.29 is 63.9 Å². The zero-order chi connectivity index (χ0) is 28.7. The summed E-state index contributed by atoms with van der Waals surface area (Å²) in [7, 11) is 1.28. The second-order valence-corrected chi connectivity index (χ2v) is 10.5. The van der Waals surface area contributed by atoms with Gasteiger partial charge in [-0.1, -0.05) is 0 Å². The normalized spacial score (nSPS) is 34.4. The molecule has 1 aliphatic carbocycles. The number of benzene rings is 2. The number of fused-ring (bicyclic) bond motifs is 6. The number of ether oxygens (including phenoxy) is 5. The highest BCUT2D eigenvalue weighted by Crippen LogP contribution is 2.53. The predicted molar refractivity (Wildman–Crippen MR) is 130 cm³/mol. The van der Waals surface area contributed by atoms with E-state index in [0.29, 0.717) is 12.8 Å². The minimum Gasteiger partial charge on any atom is -0.507 e. The van der Waals surface area contributed by atoms with Crippen molar-refractivity contribution in [2.75, 3.05) is 13.7 Å². The van der Waals surface area contributed by atoms with Crippen molar-refractivity contribution >= 4 is 11.6 Å². The number of methoxy groups -OCH3 is 1. The number of hydrogen-bond acceptors (Lipinski definition) is 13. The molecular weight excluding hydrogens is 532 g/mol. The topological polar surface area (TPSA) is 202 Å². The van der Waals surface area contributed by atoms with Crippen molar-refractivity contribution in [2.24, 2.45) is 0 Å². The van der Waals surface area contributed by atoms with Gasteiger partial charge in [-0.05, 0) is 18.6 Å². The smallest absolute Gasteiger partial charge is 0.229 e. The molecule has 4 aliphatic rings. The Morgan fingerprint density at radius 3 is 2.45 bits per heavy atom. The van der Waals surface area contributed by atoms with Crippen LogP contribution in [0.3, 0.4) is 0 Å². The van der Waals surface area contributed by atoms with Gasteiger partial charge in [0, 0.05) is 37.6 Å². The Labute approximate surface area is 227 Å². The van der Waals surface area contributed by atoms with Gasteiger partial charge in [-0.25, -0.2) is 0 Å². The lowest BCUT2D eigenvalue weighted by Crippen LogP contribution is -2.60. The van der Waals surface area contributed by atoms with Gasteiger partial charge in [0.25, 0.3) is 0 Å². The van der Waals surface area contributed by atoms with Crippen molar-refractivity contribution in [3.05, 3.63) is 46.0 Å². The number of ketones is 2. The standard InChI is InChI=1S/C27H28O13/c1-27-4-3-12(29)24(40-27)18-14(39-27)7-11-17(21(18)33)20(32)16-10(19(11)31)5-9(6-13(16)30)37-26-23(35)22(34)25(36-2)15(8-28)38-26/h5-7,12,15,22-26,28-30,33-35H,3-4,8H2,1-2H3/t12-,15-,22-,23-,24-,25-,26-,27+/m1/s1. The van der Waals surface area contributed by atoms with E-state index in [-0.39, 0.29) is 39.3 Å². The van der Waals surface area contributed by atoms with Crippen molar-refractivity contribution in [3.8, 4) is 23.0 Å². The molecule has 0 radical (unpaired) electrons. The molecule has 2 aromatic carbocycles. The largest absolute Gasteiger partial charge is 0.507 e. The van der Waals surface area contributed by atoms with Gasteiger partial charge in [-0.3, -0.25) is 9.59 Å². The first-order valence-corrected chi connectivity index (χ1v) is 12.7. The zero-order valence-corrected chi connectivity index (χ0v) is 21.4. The Bertz CT molecular complexity index is 1400. The Morgan fingerprint density at radius 2 is 1.75 bits per heavy atom. The molecule has 0 spiro atoms. The third-order valence-corrected chi connectivity index (χ3v) is 7.91. The quantitative estimate of drug-likeness (QED) is 0.250. The highest BCUT2D eigenvalue weighted by molar-refractivity contribution is 6.30. The summed E-state index contributed by atoms with van der Waals surface area (Å²) < 4.78 is 28.0. The third kappa shape index (κ3) is 3.89. The summed E-state index contributed by atoms with van der Waals surface area (Å²) in [6.07, 6.45) is -7.99. The van der Waals surface area contributed by atoms with Crippen LogP contribution in [0.25, 0.3) is 0 Å². The van der Waals surface area contributed by atoms with E-state index in [2.05, 4.69) is 0 Å². The highest BCUT2D eigenvalue weighted by Gasteiger charge is 2.50.